The van der Waals surface area contributed by atoms with Crippen LogP contribution in [0.5, 0.6) is 0 Å². The molecule has 4 atom stereocenters. The molecule has 0 bridgehead atoms. The Bertz CT molecular complexity index is 217. The molecule has 0 aromatic heterocycles. The predicted molar refractivity (Wildman–Crippen MR) is 69.3 cm³/mol. The highest BCUT2D eigenvalue weighted by Crippen LogP contribution is 2.31. The van der Waals surface area contributed by atoms with E-state index in [0.717, 1.165) is 30.3 Å². The van der Waals surface area contributed by atoms with Crippen LogP contribution in [-0.2, 0) is 0 Å². The second-order valence-electron chi connectivity index (χ2n) is 6.18. The maximum Gasteiger partial charge on any atom is 0.00979 e. The van der Waals surface area contributed by atoms with Crippen LogP contribution >= 0.6 is 0 Å². The van der Waals surface area contributed by atoms with Crippen LogP contribution in [0.1, 0.15) is 46.0 Å². The van der Waals surface area contributed by atoms with Crippen molar-refractivity contribution in [2.45, 2.75) is 52.0 Å². The van der Waals surface area contributed by atoms with Gasteiger partial charge in [-0.05, 0) is 50.1 Å². The van der Waals surface area contributed by atoms with Crippen LogP contribution in [0, 0.1) is 17.8 Å². The van der Waals surface area contributed by atoms with Gasteiger partial charge in [0.1, 0.15) is 0 Å². The Morgan fingerprint density at radius 2 is 2.00 bits per heavy atom. The van der Waals surface area contributed by atoms with E-state index in [0.29, 0.717) is 0 Å². The minimum absolute atomic E-state index is 0.742. The molecule has 2 nitrogen and oxygen atoms in total. The summed E-state index contributed by atoms with van der Waals surface area (Å²) >= 11 is 0. The Hall–Kier alpha value is -0.0800. The lowest BCUT2D eigenvalue weighted by Crippen LogP contribution is -2.48. The molecule has 0 aromatic carbocycles. The minimum atomic E-state index is 0.742. The molecule has 2 rings (SSSR count). The Balaban J connectivity index is 1.89. The third kappa shape index (κ3) is 2.78. The van der Waals surface area contributed by atoms with Crippen molar-refractivity contribution in [1.29, 1.82) is 0 Å². The molecule has 1 aliphatic carbocycles. The first kappa shape index (κ1) is 12.4. The van der Waals surface area contributed by atoms with E-state index in [4.69, 9.17) is 5.73 Å². The fourth-order valence-corrected chi connectivity index (χ4v) is 3.55. The summed E-state index contributed by atoms with van der Waals surface area (Å²) in [6.07, 6.45) is 7.08. The number of nitrogens with two attached hydrogens (primary N) is 1. The summed E-state index contributed by atoms with van der Waals surface area (Å²) in [5.74, 6) is 2.52. The van der Waals surface area contributed by atoms with Gasteiger partial charge in [-0.15, -0.1) is 0 Å². The molecule has 1 aliphatic heterocycles. The van der Waals surface area contributed by atoms with E-state index in [1.165, 1.54) is 45.2 Å². The quantitative estimate of drug-likeness (QED) is 0.781. The molecular formula is C14H28N2. The maximum absolute atomic E-state index is 5.89. The van der Waals surface area contributed by atoms with E-state index in [1.54, 1.807) is 0 Å². The summed E-state index contributed by atoms with van der Waals surface area (Å²) in [4.78, 5) is 2.74. The van der Waals surface area contributed by atoms with Crippen molar-refractivity contribution in [2.24, 2.45) is 23.5 Å². The van der Waals surface area contributed by atoms with Crippen LogP contribution in [0.15, 0.2) is 0 Å². The molecule has 1 heterocycles. The predicted octanol–water partition coefficient (Wildman–Crippen LogP) is 2.48. The molecule has 2 fully saturated rings. The van der Waals surface area contributed by atoms with Gasteiger partial charge in [0.25, 0.3) is 0 Å². The first-order chi connectivity index (χ1) is 7.70. The molecule has 2 aliphatic rings. The molecule has 1 saturated heterocycles. The summed E-state index contributed by atoms with van der Waals surface area (Å²) in [6, 6.07) is 0.866. The van der Waals surface area contributed by atoms with Gasteiger partial charge in [0.15, 0.2) is 0 Å². The lowest BCUT2D eigenvalue weighted by Gasteiger charge is -2.43. The zero-order valence-corrected chi connectivity index (χ0v) is 11.0. The summed E-state index contributed by atoms with van der Waals surface area (Å²) in [5, 5.41) is 0. The lowest BCUT2D eigenvalue weighted by molar-refractivity contribution is 0.0627. The number of nitrogens with zero attached hydrogens (tertiary/aromatic N) is 1. The largest absolute Gasteiger partial charge is 0.330 e. The molecule has 4 unspecified atom stereocenters. The zero-order valence-electron chi connectivity index (χ0n) is 11.0. The van der Waals surface area contributed by atoms with Crippen LogP contribution in [0.3, 0.4) is 0 Å². The number of hydrogen-bond acceptors (Lipinski definition) is 2. The number of hydrogen-bond donors (Lipinski definition) is 1. The topological polar surface area (TPSA) is 29.3 Å². The van der Waals surface area contributed by atoms with E-state index >= 15 is 0 Å². The van der Waals surface area contributed by atoms with Crippen LogP contribution < -0.4 is 5.73 Å². The van der Waals surface area contributed by atoms with Crippen molar-refractivity contribution in [3.63, 3.8) is 0 Å². The Morgan fingerprint density at radius 1 is 1.19 bits per heavy atom. The van der Waals surface area contributed by atoms with Gasteiger partial charge in [-0.1, -0.05) is 26.7 Å². The number of piperidine rings is 1. The van der Waals surface area contributed by atoms with E-state index in [-0.39, 0.29) is 0 Å². The third-order valence-corrected chi connectivity index (χ3v) is 4.87. The molecule has 0 radical (unpaired) electrons. The number of likely N-dealkylation sites (tertiary alicyclic amines) is 1. The molecule has 0 spiro atoms. The molecule has 0 amide bonds. The normalized spacial score (nSPS) is 42.2. The van der Waals surface area contributed by atoms with Gasteiger partial charge in [-0.25, -0.2) is 0 Å². The highest BCUT2D eigenvalue weighted by atomic mass is 15.2. The minimum Gasteiger partial charge on any atom is -0.330 e. The van der Waals surface area contributed by atoms with Crippen LogP contribution in [-0.4, -0.2) is 30.6 Å². The fourth-order valence-electron chi connectivity index (χ4n) is 3.55. The third-order valence-electron chi connectivity index (χ3n) is 4.87. The summed E-state index contributed by atoms with van der Waals surface area (Å²) in [5.41, 5.74) is 5.89. The van der Waals surface area contributed by atoms with Crippen molar-refractivity contribution in [3.05, 3.63) is 0 Å². The second kappa shape index (κ2) is 5.50. The van der Waals surface area contributed by atoms with Crippen molar-refractivity contribution >= 4 is 0 Å². The molecular weight excluding hydrogens is 196 g/mol. The standard InChI is InChI=1S/C14H28N2/c1-11-4-3-5-14(8-11)16-7-6-12(2)13(9-15)10-16/h11-14H,3-10,15H2,1-2H3. The monoisotopic (exact) mass is 224 g/mol. The summed E-state index contributed by atoms with van der Waals surface area (Å²) < 4.78 is 0. The Labute approximate surface area is 101 Å². The highest BCUT2D eigenvalue weighted by molar-refractivity contribution is 4.85. The summed E-state index contributed by atoms with van der Waals surface area (Å²) in [7, 11) is 0. The van der Waals surface area contributed by atoms with Gasteiger partial charge in [0.2, 0.25) is 0 Å². The molecule has 2 heteroatoms. The molecule has 2 N–H and O–H groups in total. The molecule has 94 valence electrons. The Morgan fingerprint density at radius 3 is 2.69 bits per heavy atom. The highest BCUT2D eigenvalue weighted by Gasteiger charge is 2.31. The van der Waals surface area contributed by atoms with Crippen molar-refractivity contribution in [1.82, 2.24) is 4.90 Å². The first-order valence-electron chi connectivity index (χ1n) is 7.14. The SMILES string of the molecule is CC1CCCC(N2CCC(C)C(CN)C2)C1. The van der Waals surface area contributed by atoms with E-state index in [1.807, 2.05) is 0 Å². The van der Waals surface area contributed by atoms with Crippen LogP contribution in [0.2, 0.25) is 0 Å². The summed E-state index contributed by atoms with van der Waals surface area (Å²) in [6.45, 7) is 8.24. The van der Waals surface area contributed by atoms with E-state index < -0.39 is 0 Å². The molecule has 16 heavy (non-hydrogen) atoms. The Kier molecular flexibility index (Phi) is 4.26. The zero-order chi connectivity index (χ0) is 11.5. The average Bonchev–Trinajstić information content (AvgIpc) is 2.29. The van der Waals surface area contributed by atoms with Crippen molar-refractivity contribution < 1.29 is 0 Å². The van der Waals surface area contributed by atoms with Gasteiger partial charge in [0, 0.05) is 12.6 Å². The maximum atomic E-state index is 5.89. The average molecular weight is 224 g/mol. The molecule has 1 saturated carbocycles. The smallest absolute Gasteiger partial charge is 0.00979 e. The second-order valence-corrected chi connectivity index (χ2v) is 6.18. The van der Waals surface area contributed by atoms with Gasteiger partial charge in [-0.2, -0.15) is 0 Å². The van der Waals surface area contributed by atoms with Crippen LogP contribution in [0.25, 0.3) is 0 Å². The van der Waals surface area contributed by atoms with Gasteiger partial charge < -0.3 is 10.6 Å². The first-order valence-corrected chi connectivity index (χ1v) is 7.14. The van der Waals surface area contributed by atoms with Crippen molar-refractivity contribution in [2.75, 3.05) is 19.6 Å². The van der Waals surface area contributed by atoms with Gasteiger partial charge in [-0.3, -0.25) is 0 Å². The lowest BCUT2D eigenvalue weighted by atomic mass is 9.82. The van der Waals surface area contributed by atoms with Crippen LogP contribution in [0.4, 0.5) is 0 Å². The van der Waals surface area contributed by atoms with Gasteiger partial charge >= 0.3 is 0 Å². The van der Waals surface area contributed by atoms with E-state index in [2.05, 4.69) is 18.7 Å². The van der Waals surface area contributed by atoms with E-state index in [9.17, 15) is 0 Å². The number of rotatable bonds is 2. The fraction of sp³-hybridized carbons (Fsp3) is 1.00. The molecule has 0 aromatic rings. The van der Waals surface area contributed by atoms with Crippen molar-refractivity contribution in [3.8, 4) is 0 Å². The van der Waals surface area contributed by atoms with Gasteiger partial charge in [0.05, 0.1) is 0 Å².